The van der Waals surface area contributed by atoms with Gasteiger partial charge < -0.3 is 14.5 Å². The van der Waals surface area contributed by atoms with Crippen molar-refractivity contribution in [1.29, 1.82) is 0 Å². The summed E-state index contributed by atoms with van der Waals surface area (Å²) in [5, 5.41) is 0.564. The molecule has 0 fully saturated rings. The minimum atomic E-state index is -0.172. The highest BCUT2D eigenvalue weighted by molar-refractivity contribution is 9.10. The molecule has 1 N–H and O–H groups in total. The number of H-pyrrole nitrogens is 1. The van der Waals surface area contributed by atoms with Gasteiger partial charge in [0.05, 0.1) is 24.6 Å². The smallest absolute Gasteiger partial charge is 0.259 e. The molecule has 0 saturated heterocycles. The third-order valence-corrected chi connectivity index (χ3v) is 4.53. The number of hydrogen-bond donors (Lipinski definition) is 1. The molecule has 0 bridgehead atoms. The molecule has 0 saturated carbocycles. The van der Waals surface area contributed by atoms with E-state index in [1.54, 1.807) is 13.2 Å². The Morgan fingerprint density at radius 2 is 2.00 bits per heavy atom. The molecule has 0 aliphatic heterocycles. The predicted molar refractivity (Wildman–Crippen MR) is 102 cm³/mol. The van der Waals surface area contributed by atoms with Crippen LogP contribution in [0.15, 0.2) is 45.7 Å². The van der Waals surface area contributed by atoms with Crippen molar-refractivity contribution in [2.24, 2.45) is 0 Å². The predicted octanol–water partition coefficient (Wildman–Crippen LogP) is 4.54. The maximum absolute atomic E-state index is 12.3. The van der Waals surface area contributed by atoms with Gasteiger partial charge in [-0.2, -0.15) is 0 Å². The fourth-order valence-electron chi connectivity index (χ4n) is 2.53. The Labute approximate surface area is 154 Å². The van der Waals surface area contributed by atoms with E-state index in [2.05, 4.69) is 32.8 Å². The summed E-state index contributed by atoms with van der Waals surface area (Å²) in [5.41, 5.74) is 1.22. The third-order valence-electron chi connectivity index (χ3n) is 3.88. The zero-order chi connectivity index (χ0) is 17.8. The Kier molecular flexibility index (Phi) is 5.38. The van der Waals surface area contributed by atoms with Crippen LogP contribution in [0.4, 0.5) is 0 Å². The largest absolute Gasteiger partial charge is 0.493 e. The van der Waals surface area contributed by atoms with Crippen molar-refractivity contribution in [3.63, 3.8) is 0 Å². The molecule has 2 aromatic carbocycles. The second-order valence-corrected chi connectivity index (χ2v) is 6.47. The number of halogens is 1. The van der Waals surface area contributed by atoms with Gasteiger partial charge in [-0.25, -0.2) is 4.98 Å². The maximum atomic E-state index is 12.3. The van der Waals surface area contributed by atoms with Crippen molar-refractivity contribution in [2.45, 2.75) is 19.8 Å². The molecule has 0 amide bonds. The Balaban J connectivity index is 2.06. The number of benzene rings is 2. The lowest BCUT2D eigenvalue weighted by atomic mass is 10.1. The zero-order valence-electron chi connectivity index (χ0n) is 14.1. The fourth-order valence-corrected chi connectivity index (χ4v) is 3.04. The van der Waals surface area contributed by atoms with Crippen molar-refractivity contribution in [1.82, 2.24) is 9.97 Å². The van der Waals surface area contributed by atoms with Crippen LogP contribution in [-0.2, 0) is 0 Å². The summed E-state index contributed by atoms with van der Waals surface area (Å²) in [6, 6.07) is 10.9. The van der Waals surface area contributed by atoms with E-state index in [9.17, 15) is 4.79 Å². The number of nitrogens with zero attached hydrogens (tertiary/aromatic N) is 1. The molecule has 0 unspecified atom stereocenters. The highest BCUT2D eigenvalue weighted by Gasteiger charge is 2.14. The first-order chi connectivity index (χ1) is 12.1. The number of para-hydroxylation sites is 1. The minimum absolute atomic E-state index is 0.172. The molecule has 0 aliphatic carbocycles. The lowest BCUT2D eigenvalue weighted by molar-refractivity contribution is 0.288. The summed E-state index contributed by atoms with van der Waals surface area (Å²) in [7, 11) is 1.59. The van der Waals surface area contributed by atoms with Crippen LogP contribution in [0.2, 0.25) is 0 Å². The normalized spacial score (nSPS) is 10.8. The van der Waals surface area contributed by atoms with Gasteiger partial charge in [0.15, 0.2) is 11.5 Å². The van der Waals surface area contributed by atoms with E-state index in [0.29, 0.717) is 34.8 Å². The molecule has 0 aliphatic rings. The number of fused-ring (bicyclic) bond motifs is 1. The molecule has 25 heavy (non-hydrogen) atoms. The maximum Gasteiger partial charge on any atom is 0.259 e. The van der Waals surface area contributed by atoms with Gasteiger partial charge in [-0.1, -0.05) is 25.5 Å². The molecule has 1 heterocycles. The Hall–Kier alpha value is -2.34. The fraction of sp³-hybridized carbons (Fsp3) is 0.263. The van der Waals surface area contributed by atoms with Gasteiger partial charge in [-0.15, -0.1) is 0 Å². The molecule has 6 heteroatoms. The van der Waals surface area contributed by atoms with Gasteiger partial charge in [0.1, 0.15) is 5.82 Å². The Morgan fingerprint density at radius 3 is 2.76 bits per heavy atom. The number of aromatic nitrogens is 2. The highest BCUT2D eigenvalue weighted by Crippen LogP contribution is 2.37. The van der Waals surface area contributed by atoms with Crippen molar-refractivity contribution in [2.75, 3.05) is 13.7 Å². The van der Waals surface area contributed by atoms with Gasteiger partial charge in [-0.3, -0.25) is 4.79 Å². The zero-order valence-corrected chi connectivity index (χ0v) is 15.7. The molecular weight excluding hydrogens is 384 g/mol. The Morgan fingerprint density at radius 1 is 1.20 bits per heavy atom. The average Bonchev–Trinajstić information content (AvgIpc) is 2.62. The van der Waals surface area contributed by atoms with Crippen LogP contribution in [0.1, 0.15) is 19.8 Å². The summed E-state index contributed by atoms with van der Waals surface area (Å²) in [4.78, 5) is 19.7. The van der Waals surface area contributed by atoms with Crippen LogP contribution in [0.5, 0.6) is 11.5 Å². The molecule has 1 aromatic heterocycles. The van der Waals surface area contributed by atoms with E-state index >= 15 is 0 Å². The molecule has 0 atom stereocenters. The summed E-state index contributed by atoms with van der Waals surface area (Å²) < 4.78 is 12.0. The first-order valence-electron chi connectivity index (χ1n) is 8.13. The van der Waals surface area contributed by atoms with E-state index in [4.69, 9.17) is 9.47 Å². The molecule has 0 spiro atoms. The van der Waals surface area contributed by atoms with Crippen LogP contribution in [0.25, 0.3) is 22.3 Å². The van der Waals surface area contributed by atoms with Gasteiger partial charge in [-0.05, 0) is 46.6 Å². The highest BCUT2D eigenvalue weighted by atomic mass is 79.9. The molecule has 0 radical (unpaired) electrons. The number of methoxy groups -OCH3 is 1. The quantitative estimate of drug-likeness (QED) is 0.614. The molecule has 3 rings (SSSR count). The van der Waals surface area contributed by atoms with E-state index in [1.165, 1.54) is 0 Å². The summed E-state index contributed by atoms with van der Waals surface area (Å²) in [6.45, 7) is 2.74. The third kappa shape index (κ3) is 3.69. The van der Waals surface area contributed by atoms with E-state index in [0.717, 1.165) is 22.9 Å². The topological polar surface area (TPSA) is 64.2 Å². The number of unbranched alkanes of at least 4 members (excludes halogenated alkanes) is 1. The average molecular weight is 403 g/mol. The lowest BCUT2D eigenvalue weighted by Gasteiger charge is -2.13. The van der Waals surface area contributed by atoms with Crippen LogP contribution in [-0.4, -0.2) is 23.7 Å². The van der Waals surface area contributed by atoms with E-state index in [-0.39, 0.29) is 5.56 Å². The lowest BCUT2D eigenvalue weighted by Crippen LogP contribution is -2.09. The first kappa shape index (κ1) is 17.5. The van der Waals surface area contributed by atoms with Crippen molar-refractivity contribution in [3.8, 4) is 22.9 Å². The van der Waals surface area contributed by atoms with Crippen molar-refractivity contribution >= 4 is 26.8 Å². The van der Waals surface area contributed by atoms with E-state index < -0.39 is 0 Å². The SMILES string of the molecule is CCCCOc1cc(Br)c(-c2nc3ccccc3c(=O)[nH]2)cc1OC. The second kappa shape index (κ2) is 7.70. The van der Waals surface area contributed by atoms with Crippen molar-refractivity contribution in [3.05, 3.63) is 51.2 Å². The number of ether oxygens (including phenoxy) is 2. The summed E-state index contributed by atoms with van der Waals surface area (Å²) in [5.74, 6) is 1.74. The molecule has 5 nitrogen and oxygen atoms in total. The van der Waals surface area contributed by atoms with Crippen LogP contribution < -0.4 is 15.0 Å². The van der Waals surface area contributed by atoms with Gasteiger partial charge >= 0.3 is 0 Å². The summed E-state index contributed by atoms with van der Waals surface area (Å²) in [6.07, 6.45) is 2.03. The standard InChI is InChI=1S/C19H19BrN2O3/c1-3-4-9-25-17-11-14(20)13(10-16(17)24-2)18-21-15-8-6-5-7-12(15)19(23)22-18/h5-8,10-11H,3-4,9H2,1-2H3,(H,21,22,23). The van der Waals surface area contributed by atoms with Crippen LogP contribution in [0, 0.1) is 0 Å². The molecule has 130 valence electrons. The van der Waals surface area contributed by atoms with Gasteiger partial charge in [0.2, 0.25) is 0 Å². The minimum Gasteiger partial charge on any atom is -0.493 e. The Bertz CT molecular complexity index is 953. The molecule has 3 aromatic rings. The van der Waals surface area contributed by atoms with E-state index in [1.807, 2.05) is 30.3 Å². The summed E-state index contributed by atoms with van der Waals surface area (Å²) >= 11 is 3.55. The van der Waals surface area contributed by atoms with Gasteiger partial charge in [0, 0.05) is 10.0 Å². The number of aromatic amines is 1. The van der Waals surface area contributed by atoms with Crippen LogP contribution >= 0.6 is 15.9 Å². The van der Waals surface area contributed by atoms with Gasteiger partial charge in [0.25, 0.3) is 5.56 Å². The number of rotatable bonds is 6. The number of hydrogen-bond acceptors (Lipinski definition) is 4. The number of nitrogens with one attached hydrogen (secondary N) is 1. The van der Waals surface area contributed by atoms with Crippen LogP contribution in [0.3, 0.4) is 0 Å². The monoisotopic (exact) mass is 402 g/mol. The molecular formula is C19H19BrN2O3. The second-order valence-electron chi connectivity index (χ2n) is 5.62. The first-order valence-corrected chi connectivity index (χ1v) is 8.93. The van der Waals surface area contributed by atoms with Crippen molar-refractivity contribution < 1.29 is 9.47 Å².